The molecule has 8 heteroatoms. The summed E-state index contributed by atoms with van der Waals surface area (Å²) in [7, 11) is 0. The van der Waals surface area contributed by atoms with Crippen molar-refractivity contribution in [2.24, 2.45) is 4.99 Å². The van der Waals surface area contributed by atoms with Crippen LogP contribution in [0.25, 0.3) is 6.08 Å². The molecule has 0 aromatic heterocycles. The highest BCUT2D eigenvalue weighted by molar-refractivity contribution is 9.11. The third-order valence-electron chi connectivity index (χ3n) is 4.85. The van der Waals surface area contributed by atoms with Crippen molar-refractivity contribution in [1.82, 2.24) is 5.32 Å². The molecule has 1 aliphatic rings. The average molecular weight is 602 g/mol. The van der Waals surface area contributed by atoms with Crippen LogP contribution in [-0.4, -0.2) is 17.7 Å². The maximum Gasteiger partial charge on any atom is 0.264 e. The summed E-state index contributed by atoms with van der Waals surface area (Å²) in [6, 6.07) is 19.5. The monoisotopic (exact) mass is 600 g/mol. The molecule has 1 fully saturated rings. The molecule has 0 aliphatic carbocycles. The number of rotatable bonds is 7. The van der Waals surface area contributed by atoms with Gasteiger partial charge in [-0.25, -0.2) is 4.99 Å². The van der Waals surface area contributed by atoms with Crippen molar-refractivity contribution in [2.45, 2.75) is 20.5 Å². The second-order valence-electron chi connectivity index (χ2n) is 7.50. The molecule has 1 heterocycles. The molecule has 0 saturated carbocycles. The number of hydrogen-bond donors (Lipinski definition) is 1. The Morgan fingerprint density at radius 2 is 1.68 bits per heavy atom. The van der Waals surface area contributed by atoms with Gasteiger partial charge in [0.25, 0.3) is 5.91 Å². The molecule has 0 radical (unpaired) electrons. The molecule has 0 unspecified atom stereocenters. The lowest BCUT2D eigenvalue weighted by Gasteiger charge is -2.12. The van der Waals surface area contributed by atoms with Crippen LogP contribution in [0.3, 0.4) is 0 Å². The van der Waals surface area contributed by atoms with Crippen LogP contribution in [0.2, 0.25) is 0 Å². The fraction of sp³-hybridized carbons (Fsp3) is 0.154. The van der Waals surface area contributed by atoms with Gasteiger partial charge in [0.15, 0.2) is 5.17 Å². The van der Waals surface area contributed by atoms with E-state index < -0.39 is 0 Å². The Kier molecular flexibility index (Phi) is 8.13. The van der Waals surface area contributed by atoms with Gasteiger partial charge in [-0.2, -0.15) is 0 Å². The quantitative estimate of drug-likeness (QED) is 0.287. The summed E-state index contributed by atoms with van der Waals surface area (Å²) in [5.74, 6) is 1.32. The summed E-state index contributed by atoms with van der Waals surface area (Å²) in [6.07, 6.45) is 1.83. The Morgan fingerprint density at radius 1 is 1.00 bits per heavy atom. The fourth-order valence-corrected chi connectivity index (χ4v) is 5.47. The van der Waals surface area contributed by atoms with Gasteiger partial charge in [0.2, 0.25) is 0 Å². The van der Waals surface area contributed by atoms with Gasteiger partial charge >= 0.3 is 0 Å². The van der Waals surface area contributed by atoms with Crippen molar-refractivity contribution in [3.63, 3.8) is 0 Å². The summed E-state index contributed by atoms with van der Waals surface area (Å²) < 4.78 is 13.1. The highest BCUT2D eigenvalue weighted by Gasteiger charge is 2.24. The molecule has 174 valence electrons. The van der Waals surface area contributed by atoms with Gasteiger partial charge in [-0.1, -0.05) is 29.8 Å². The molecule has 1 aliphatic heterocycles. The van der Waals surface area contributed by atoms with Gasteiger partial charge < -0.3 is 14.8 Å². The Hall–Kier alpha value is -2.55. The number of benzene rings is 3. The van der Waals surface area contributed by atoms with Crippen molar-refractivity contribution in [2.75, 3.05) is 6.61 Å². The first-order valence-electron chi connectivity index (χ1n) is 10.6. The van der Waals surface area contributed by atoms with Gasteiger partial charge in [0.05, 0.1) is 26.1 Å². The van der Waals surface area contributed by atoms with E-state index in [1.807, 2.05) is 49.4 Å². The number of aryl methyl sites for hydroxylation is 1. The zero-order valence-electron chi connectivity index (χ0n) is 18.6. The number of halogens is 2. The summed E-state index contributed by atoms with van der Waals surface area (Å²) in [4.78, 5) is 17.6. The van der Waals surface area contributed by atoms with Crippen LogP contribution in [-0.2, 0) is 11.4 Å². The Balaban J connectivity index is 1.46. The van der Waals surface area contributed by atoms with E-state index >= 15 is 0 Å². The van der Waals surface area contributed by atoms with E-state index in [0.717, 1.165) is 31.5 Å². The third kappa shape index (κ3) is 6.31. The first kappa shape index (κ1) is 24.6. The molecule has 1 amide bonds. The second-order valence-corrected chi connectivity index (χ2v) is 10.2. The lowest BCUT2D eigenvalue weighted by Crippen LogP contribution is -2.19. The maximum absolute atomic E-state index is 12.5. The highest BCUT2D eigenvalue weighted by Crippen LogP contribution is 2.37. The van der Waals surface area contributed by atoms with E-state index in [1.54, 1.807) is 0 Å². The van der Waals surface area contributed by atoms with E-state index in [2.05, 4.69) is 73.4 Å². The highest BCUT2D eigenvalue weighted by atomic mass is 79.9. The molecule has 34 heavy (non-hydrogen) atoms. The molecule has 0 spiro atoms. The SMILES string of the molecule is CCOc1ccc(N=C2NC(=O)/C(=C\c3cc(Br)c(OCc4ccc(C)cc4)c(Br)c3)S2)cc1. The predicted octanol–water partition coefficient (Wildman–Crippen LogP) is 7.39. The minimum Gasteiger partial charge on any atom is -0.494 e. The molecule has 3 aromatic rings. The Bertz CT molecular complexity index is 1230. The number of nitrogens with one attached hydrogen (secondary N) is 1. The van der Waals surface area contributed by atoms with Gasteiger partial charge in [-0.05, 0) is 111 Å². The topological polar surface area (TPSA) is 59.9 Å². The maximum atomic E-state index is 12.5. The van der Waals surface area contributed by atoms with Crippen molar-refractivity contribution < 1.29 is 14.3 Å². The zero-order chi connectivity index (χ0) is 24.1. The number of thioether (sulfide) groups is 1. The van der Waals surface area contributed by atoms with E-state index in [4.69, 9.17) is 9.47 Å². The Morgan fingerprint density at radius 3 is 2.32 bits per heavy atom. The number of carbonyl (C=O) groups is 1. The van der Waals surface area contributed by atoms with E-state index in [1.165, 1.54) is 17.3 Å². The lowest BCUT2D eigenvalue weighted by molar-refractivity contribution is -0.115. The molecule has 5 nitrogen and oxygen atoms in total. The van der Waals surface area contributed by atoms with Crippen LogP contribution >= 0.6 is 43.6 Å². The summed E-state index contributed by atoms with van der Waals surface area (Å²) in [5, 5.41) is 3.36. The molecular weight excluding hydrogens is 580 g/mol. The van der Waals surface area contributed by atoms with Gasteiger partial charge in [-0.15, -0.1) is 0 Å². The van der Waals surface area contributed by atoms with Crippen LogP contribution in [0, 0.1) is 6.92 Å². The summed E-state index contributed by atoms with van der Waals surface area (Å²) >= 11 is 8.49. The zero-order valence-corrected chi connectivity index (χ0v) is 22.6. The van der Waals surface area contributed by atoms with Crippen LogP contribution in [0.4, 0.5) is 5.69 Å². The number of amidine groups is 1. The standard InChI is InChI=1S/C26H22Br2N2O3S/c1-3-32-20-10-8-19(9-11-20)29-26-30-25(31)23(34-26)14-18-12-21(27)24(22(28)13-18)33-15-17-6-4-16(2)5-7-17/h4-14H,3,15H2,1-2H3,(H,29,30,31)/b23-14+. The smallest absolute Gasteiger partial charge is 0.264 e. The summed E-state index contributed by atoms with van der Waals surface area (Å²) in [6.45, 7) is 5.07. The average Bonchev–Trinajstić information content (AvgIpc) is 3.14. The number of hydrogen-bond acceptors (Lipinski definition) is 5. The van der Waals surface area contributed by atoms with Crippen molar-refractivity contribution in [3.8, 4) is 11.5 Å². The molecule has 1 N–H and O–H groups in total. The van der Waals surface area contributed by atoms with Crippen molar-refractivity contribution in [1.29, 1.82) is 0 Å². The number of carbonyl (C=O) groups excluding carboxylic acids is 1. The summed E-state index contributed by atoms with van der Waals surface area (Å²) in [5.41, 5.74) is 3.91. The predicted molar refractivity (Wildman–Crippen MR) is 146 cm³/mol. The molecule has 3 aromatic carbocycles. The van der Waals surface area contributed by atoms with Crippen LogP contribution in [0.1, 0.15) is 23.6 Å². The molecule has 0 bridgehead atoms. The second kappa shape index (κ2) is 11.3. The van der Waals surface area contributed by atoms with Crippen molar-refractivity contribution >= 4 is 66.5 Å². The van der Waals surface area contributed by atoms with E-state index in [0.29, 0.717) is 29.0 Å². The lowest BCUT2D eigenvalue weighted by atomic mass is 10.1. The van der Waals surface area contributed by atoms with Crippen LogP contribution in [0.5, 0.6) is 11.5 Å². The molecule has 0 atom stereocenters. The van der Waals surface area contributed by atoms with E-state index in [-0.39, 0.29) is 5.91 Å². The van der Waals surface area contributed by atoms with Crippen molar-refractivity contribution in [3.05, 3.63) is 91.2 Å². The molecule has 1 saturated heterocycles. The van der Waals surface area contributed by atoms with Crippen LogP contribution < -0.4 is 14.8 Å². The minimum atomic E-state index is -0.179. The fourth-order valence-electron chi connectivity index (χ4n) is 3.17. The number of ether oxygens (including phenoxy) is 2. The first-order valence-corrected chi connectivity index (χ1v) is 13.0. The van der Waals surface area contributed by atoms with Crippen LogP contribution in [0.15, 0.2) is 79.5 Å². The molecular formula is C26H22Br2N2O3S. The Labute approximate surface area is 219 Å². The van der Waals surface area contributed by atoms with Gasteiger partial charge in [-0.3, -0.25) is 4.79 Å². The molecule has 4 rings (SSSR count). The van der Waals surface area contributed by atoms with Gasteiger partial charge in [0, 0.05) is 0 Å². The number of nitrogens with zero attached hydrogens (tertiary/aromatic N) is 1. The van der Waals surface area contributed by atoms with Gasteiger partial charge in [0.1, 0.15) is 18.1 Å². The largest absolute Gasteiger partial charge is 0.494 e. The normalized spacial score (nSPS) is 15.6. The first-order chi connectivity index (χ1) is 16.4. The minimum absolute atomic E-state index is 0.179. The number of aliphatic imine (C=N–C) groups is 1. The number of amides is 1. The third-order valence-corrected chi connectivity index (χ3v) is 6.94. The van der Waals surface area contributed by atoms with E-state index in [9.17, 15) is 4.79 Å².